The van der Waals surface area contributed by atoms with Gasteiger partial charge >= 0.3 is 12.5 Å². The largest absolute Gasteiger partial charge is 0.522 e. The number of ether oxygens (including phenoxy) is 2. The van der Waals surface area contributed by atoms with Gasteiger partial charge in [0, 0.05) is 12.6 Å². The molecule has 16 heteroatoms. The normalized spacial score (nSPS) is 18.1. The molecule has 0 radical (unpaired) electrons. The summed E-state index contributed by atoms with van der Waals surface area (Å²) in [4.78, 5) is 18.7. The van der Waals surface area contributed by atoms with E-state index in [4.69, 9.17) is 4.74 Å². The lowest BCUT2D eigenvalue weighted by molar-refractivity contribution is -0.325. The highest BCUT2D eigenvalue weighted by Crippen LogP contribution is 2.32. The van der Waals surface area contributed by atoms with Gasteiger partial charge in [0.05, 0.1) is 53.6 Å². The summed E-state index contributed by atoms with van der Waals surface area (Å²) in [6.07, 6.45) is -8.92. The molecule has 1 unspecified atom stereocenters. The van der Waals surface area contributed by atoms with E-state index in [0.717, 1.165) is 24.3 Å². The number of carbonyl (C=O) groups excluding carboxylic acids is 1. The van der Waals surface area contributed by atoms with E-state index in [0.29, 0.717) is 5.56 Å². The van der Waals surface area contributed by atoms with Crippen molar-refractivity contribution in [3.05, 3.63) is 83.6 Å². The summed E-state index contributed by atoms with van der Waals surface area (Å²) in [5, 5.41) is 12.5. The van der Waals surface area contributed by atoms with Crippen molar-refractivity contribution in [2.45, 2.75) is 49.0 Å². The number of benzene rings is 2. The summed E-state index contributed by atoms with van der Waals surface area (Å²) in [5.41, 5.74) is -0.352. The van der Waals surface area contributed by atoms with Crippen LogP contribution >= 0.6 is 0 Å². The number of alkyl halides is 6. The fourth-order valence-electron chi connectivity index (χ4n) is 4.74. The van der Waals surface area contributed by atoms with Gasteiger partial charge in [0.15, 0.2) is 9.84 Å². The van der Waals surface area contributed by atoms with E-state index in [1.54, 1.807) is 0 Å². The number of nitrogens with zero attached hydrogens (tertiary/aromatic N) is 2. The van der Waals surface area contributed by atoms with E-state index in [-0.39, 0.29) is 40.7 Å². The highest BCUT2D eigenvalue weighted by atomic mass is 32.2. The highest BCUT2D eigenvalue weighted by Gasteiger charge is 2.39. The average Bonchev–Trinajstić information content (AvgIpc) is 3.40. The molecule has 1 aliphatic rings. The van der Waals surface area contributed by atoms with Crippen LogP contribution in [0, 0.1) is 0 Å². The van der Waals surface area contributed by atoms with Crippen LogP contribution in [0.15, 0.2) is 71.8 Å². The SMILES string of the molecule is CCS(=O)(=O)c1ccc(C(CO)NC(=O)c2ccc(N3C[C@@H](Oc4ccc(C(F)(F)F)cc4)C[C@H]3COC(F)(F)F)nc2)cc1. The van der Waals surface area contributed by atoms with Crippen LogP contribution in [0.25, 0.3) is 0 Å². The van der Waals surface area contributed by atoms with E-state index in [9.17, 15) is 44.7 Å². The first-order valence-corrected chi connectivity index (χ1v) is 15.3. The molecule has 0 saturated carbocycles. The molecule has 3 aromatic rings. The Morgan fingerprint density at radius 1 is 1.04 bits per heavy atom. The quantitative estimate of drug-likeness (QED) is 0.278. The van der Waals surface area contributed by atoms with Crippen LogP contribution < -0.4 is 15.0 Å². The van der Waals surface area contributed by atoms with Crippen LogP contribution in [0.3, 0.4) is 0 Å². The van der Waals surface area contributed by atoms with Gasteiger partial charge in [-0.25, -0.2) is 13.4 Å². The maximum atomic E-state index is 12.9. The Morgan fingerprint density at radius 2 is 1.71 bits per heavy atom. The van der Waals surface area contributed by atoms with Crippen LogP contribution in [-0.2, 0) is 20.8 Å². The average molecular weight is 662 g/mol. The minimum atomic E-state index is -4.90. The number of sulfone groups is 1. The molecule has 1 saturated heterocycles. The van der Waals surface area contributed by atoms with E-state index in [1.807, 2.05) is 0 Å². The van der Waals surface area contributed by atoms with Crippen LogP contribution in [-0.4, -0.2) is 68.4 Å². The number of anilines is 1. The number of hydrogen-bond acceptors (Lipinski definition) is 8. The maximum absolute atomic E-state index is 12.9. The summed E-state index contributed by atoms with van der Waals surface area (Å²) in [6, 6.07) is 10.7. The van der Waals surface area contributed by atoms with Crippen molar-refractivity contribution in [1.82, 2.24) is 10.3 Å². The lowest BCUT2D eigenvalue weighted by Gasteiger charge is -2.25. The van der Waals surface area contributed by atoms with Crippen molar-refractivity contribution >= 4 is 21.6 Å². The number of carbonyl (C=O) groups is 1. The number of halogens is 6. The molecule has 0 spiro atoms. The molecule has 1 aromatic heterocycles. The number of nitrogens with one attached hydrogen (secondary N) is 1. The van der Waals surface area contributed by atoms with E-state index in [2.05, 4.69) is 15.0 Å². The molecule has 244 valence electrons. The zero-order valence-corrected chi connectivity index (χ0v) is 24.5. The van der Waals surface area contributed by atoms with E-state index in [1.165, 1.54) is 54.4 Å². The van der Waals surface area contributed by atoms with Crippen molar-refractivity contribution in [2.75, 3.05) is 30.4 Å². The number of aliphatic hydroxyl groups excluding tert-OH is 1. The number of hydrogen-bond donors (Lipinski definition) is 2. The Balaban J connectivity index is 1.45. The Kier molecular flexibility index (Phi) is 10.3. The van der Waals surface area contributed by atoms with Crippen molar-refractivity contribution in [3.8, 4) is 5.75 Å². The Hall–Kier alpha value is -3.89. The number of pyridine rings is 1. The van der Waals surface area contributed by atoms with Crippen LogP contribution in [0.5, 0.6) is 5.75 Å². The van der Waals surface area contributed by atoms with Gasteiger partial charge in [-0.2, -0.15) is 13.2 Å². The predicted octanol–water partition coefficient (Wildman–Crippen LogP) is 4.92. The second kappa shape index (κ2) is 13.6. The third kappa shape index (κ3) is 8.85. The number of amides is 1. The van der Waals surface area contributed by atoms with Crippen LogP contribution in [0.2, 0.25) is 0 Å². The smallest absolute Gasteiger partial charge is 0.489 e. The van der Waals surface area contributed by atoms with Crippen molar-refractivity contribution in [1.29, 1.82) is 0 Å². The lowest BCUT2D eigenvalue weighted by Crippen LogP contribution is -2.36. The van der Waals surface area contributed by atoms with Gasteiger partial charge in [-0.3, -0.25) is 9.53 Å². The monoisotopic (exact) mass is 661 g/mol. The van der Waals surface area contributed by atoms with Gasteiger partial charge in [0.1, 0.15) is 17.7 Å². The molecule has 3 atom stereocenters. The molecule has 9 nitrogen and oxygen atoms in total. The minimum absolute atomic E-state index is 0.0295. The van der Waals surface area contributed by atoms with Gasteiger partial charge in [0.25, 0.3) is 5.91 Å². The summed E-state index contributed by atoms with van der Waals surface area (Å²) in [6.45, 7) is 0.277. The summed E-state index contributed by atoms with van der Waals surface area (Å²) >= 11 is 0. The Bertz CT molecular complexity index is 1550. The minimum Gasteiger partial charge on any atom is -0.489 e. The number of rotatable bonds is 11. The molecular formula is C29H29F6N3O6S. The maximum Gasteiger partial charge on any atom is 0.522 e. The van der Waals surface area contributed by atoms with E-state index < -0.39 is 65.2 Å². The van der Waals surface area contributed by atoms with Gasteiger partial charge in [-0.15, -0.1) is 13.2 Å². The molecular weight excluding hydrogens is 632 g/mol. The van der Waals surface area contributed by atoms with Crippen LogP contribution in [0.1, 0.15) is 40.9 Å². The molecule has 1 amide bonds. The molecule has 2 N–H and O–H groups in total. The zero-order valence-electron chi connectivity index (χ0n) is 23.7. The van der Waals surface area contributed by atoms with Gasteiger partial charge in [-0.1, -0.05) is 19.1 Å². The summed E-state index contributed by atoms with van der Waals surface area (Å²) in [7, 11) is -3.44. The first kappa shape index (κ1) is 34.0. The number of aliphatic hydroxyl groups is 1. The fourth-order valence-corrected chi connectivity index (χ4v) is 5.63. The molecule has 0 bridgehead atoms. The Morgan fingerprint density at radius 3 is 2.24 bits per heavy atom. The molecule has 45 heavy (non-hydrogen) atoms. The van der Waals surface area contributed by atoms with Gasteiger partial charge in [-0.05, 0) is 54.1 Å². The van der Waals surface area contributed by atoms with Crippen molar-refractivity contribution in [3.63, 3.8) is 0 Å². The van der Waals surface area contributed by atoms with Gasteiger partial charge < -0.3 is 20.1 Å². The van der Waals surface area contributed by atoms with Crippen molar-refractivity contribution in [2.24, 2.45) is 0 Å². The van der Waals surface area contributed by atoms with Crippen LogP contribution in [0.4, 0.5) is 32.2 Å². The van der Waals surface area contributed by atoms with Crippen molar-refractivity contribution < 1.29 is 54.1 Å². The third-order valence-corrected chi connectivity index (χ3v) is 8.86. The summed E-state index contributed by atoms with van der Waals surface area (Å²) in [5.74, 6) is -0.409. The zero-order chi connectivity index (χ0) is 33.0. The third-order valence-electron chi connectivity index (χ3n) is 7.11. The van der Waals surface area contributed by atoms with E-state index >= 15 is 0 Å². The standard InChI is InChI=1S/C29H29F6N3O6S/c1-2-45(41,42)24-10-3-18(4-11-24)25(16-39)37-27(40)19-5-12-26(36-14-19)38-15-23(13-21(38)17-43-29(33,34)35)44-22-8-6-20(7-9-22)28(30,31)32/h3-12,14,21,23,25,39H,2,13,15-17H2,1H3,(H,37,40)/t21-,23-,25?/m0/s1. The molecule has 2 aromatic carbocycles. The molecule has 4 rings (SSSR count). The predicted molar refractivity (Wildman–Crippen MR) is 149 cm³/mol. The molecule has 0 aliphatic carbocycles. The summed E-state index contributed by atoms with van der Waals surface area (Å²) < 4.78 is 111. The first-order valence-electron chi connectivity index (χ1n) is 13.6. The molecule has 2 heterocycles. The topological polar surface area (TPSA) is 118 Å². The lowest BCUT2D eigenvalue weighted by atomic mass is 10.1. The second-order valence-electron chi connectivity index (χ2n) is 10.1. The second-order valence-corrected chi connectivity index (χ2v) is 12.4. The number of aromatic nitrogens is 1. The van der Waals surface area contributed by atoms with Gasteiger partial charge in [0.2, 0.25) is 0 Å². The highest BCUT2D eigenvalue weighted by molar-refractivity contribution is 7.91. The fraction of sp³-hybridized carbons (Fsp3) is 0.379. The molecule has 1 fully saturated rings. The molecule has 1 aliphatic heterocycles. The first-order chi connectivity index (χ1) is 21.1. The Labute approximate surface area is 254 Å².